The summed E-state index contributed by atoms with van der Waals surface area (Å²) in [6, 6.07) is 7.84. The zero-order chi connectivity index (χ0) is 18.7. The number of ether oxygens (including phenoxy) is 1. The maximum absolute atomic E-state index is 12.5. The average molecular weight is 392 g/mol. The number of hydrogen-bond donors (Lipinski definition) is 2. The van der Waals surface area contributed by atoms with Gasteiger partial charge in [0.2, 0.25) is 15.9 Å². The topological polar surface area (TPSA) is 110 Å². The molecule has 0 unspecified atom stereocenters. The fraction of sp³-hybridized carbons (Fsp3) is 0.188. The Kier molecular flexibility index (Phi) is 5.16. The summed E-state index contributed by atoms with van der Waals surface area (Å²) < 4.78 is 32.1. The number of carbonyl (C=O) groups excluding carboxylic acids is 1. The molecule has 0 aliphatic carbocycles. The third-order valence-electron chi connectivity index (χ3n) is 3.46. The van der Waals surface area contributed by atoms with Crippen molar-refractivity contribution >= 4 is 42.6 Å². The van der Waals surface area contributed by atoms with Gasteiger partial charge in [0.15, 0.2) is 5.13 Å². The molecule has 0 aliphatic rings. The number of sulfonamides is 1. The zero-order valence-electron chi connectivity index (χ0n) is 14.0. The second-order valence-electron chi connectivity index (χ2n) is 5.10. The number of benzene rings is 1. The van der Waals surface area contributed by atoms with E-state index in [0.29, 0.717) is 27.5 Å². The number of amides is 1. The van der Waals surface area contributed by atoms with Crippen LogP contribution in [0.3, 0.4) is 0 Å². The Labute approximate surface area is 154 Å². The Morgan fingerprint density at radius 2 is 2.12 bits per heavy atom. The van der Waals surface area contributed by atoms with Crippen molar-refractivity contribution in [3.63, 3.8) is 0 Å². The zero-order valence-corrected chi connectivity index (χ0v) is 15.6. The number of aromatic nitrogens is 2. The van der Waals surface area contributed by atoms with Gasteiger partial charge in [-0.1, -0.05) is 11.3 Å². The molecular weight excluding hydrogens is 376 g/mol. The van der Waals surface area contributed by atoms with Crippen molar-refractivity contribution in [2.75, 3.05) is 19.0 Å². The third kappa shape index (κ3) is 3.66. The van der Waals surface area contributed by atoms with Gasteiger partial charge >= 0.3 is 0 Å². The van der Waals surface area contributed by atoms with Crippen LogP contribution in [0.1, 0.15) is 17.3 Å². The molecular formula is C16H16N4O4S2. The van der Waals surface area contributed by atoms with Crippen LogP contribution >= 0.6 is 11.3 Å². The number of anilines is 1. The summed E-state index contributed by atoms with van der Waals surface area (Å²) in [5, 5.41) is 3.06. The number of nitrogens with zero attached hydrogens (tertiary/aromatic N) is 2. The van der Waals surface area contributed by atoms with Crippen molar-refractivity contribution in [2.45, 2.75) is 11.8 Å². The highest BCUT2D eigenvalue weighted by atomic mass is 32.2. The smallest absolute Gasteiger partial charge is 0.262 e. The van der Waals surface area contributed by atoms with Gasteiger partial charge in [-0.15, -0.1) is 0 Å². The van der Waals surface area contributed by atoms with Gasteiger partial charge in [0.05, 0.1) is 21.7 Å². The maximum atomic E-state index is 12.5. The Hall–Kier alpha value is -2.56. The van der Waals surface area contributed by atoms with Crippen molar-refractivity contribution in [1.29, 1.82) is 0 Å². The molecule has 0 aliphatic heterocycles. The van der Waals surface area contributed by atoms with Gasteiger partial charge in [-0.05, 0) is 44.3 Å². The van der Waals surface area contributed by atoms with E-state index >= 15 is 0 Å². The SMILES string of the molecule is CCOc1ncccc1C(=O)Nc1nc2ccc(S(=O)(=O)NC)cc2s1. The lowest BCUT2D eigenvalue weighted by Gasteiger charge is -2.07. The van der Waals surface area contributed by atoms with E-state index in [1.54, 1.807) is 31.3 Å². The molecule has 8 nitrogen and oxygen atoms in total. The van der Waals surface area contributed by atoms with E-state index in [4.69, 9.17) is 4.74 Å². The van der Waals surface area contributed by atoms with Crippen LogP contribution < -0.4 is 14.8 Å². The van der Waals surface area contributed by atoms with Gasteiger partial charge < -0.3 is 4.74 Å². The largest absolute Gasteiger partial charge is 0.477 e. The normalized spacial score (nSPS) is 11.5. The summed E-state index contributed by atoms with van der Waals surface area (Å²) in [5.41, 5.74) is 0.892. The highest BCUT2D eigenvalue weighted by molar-refractivity contribution is 7.89. The Balaban J connectivity index is 1.89. The molecule has 0 saturated carbocycles. The van der Waals surface area contributed by atoms with Crippen LogP contribution in [0, 0.1) is 0 Å². The van der Waals surface area contributed by atoms with E-state index in [0.717, 1.165) is 0 Å². The Morgan fingerprint density at radius 1 is 1.31 bits per heavy atom. The number of fused-ring (bicyclic) bond motifs is 1. The van der Waals surface area contributed by atoms with E-state index in [-0.39, 0.29) is 10.8 Å². The lowest BCUT2D eigenvalue weighted by Crippen LogP contribution is -2.18. The molecule has 2 heterocycles. The van der Waals surface area contributed by atoms with Gasteiger partial charge in [0.25, 0.3) is 5.91 Å². The van der Waals surface area contributed by atoms with Gasteiger partial charge in [0, 0.05) is 6.20 Å². The molecule has 1 aromatic carbocycles. The maximum Gasteiger partial charge on any atom is 0.262 e. The summed E-state index contributed by atoms with van der Waals surface area (Å²) in [4.78, 5) is 21.0. The molecule has 0 spiro atoms. The summed E-state index contributed by atoms with van der Waals surface area (Å²) in [5.74, 6) is -0.153. The summed E-state index contributed by atoms with van der Waals surface area (Å²) in [6.45, 7) is 2.20. The van der Waals surface area contributed by atoms with Crippen molar-refractivity contribution in [3.05, 3.63) is 42.1 Å². The Bertz CT molecular complexity index is 1060. The molecule has 0 radical (unpaired) electrons. The summed E-state index contributed by atoms with van der Waals surface area (Å²) in [6.07, 6.45) is 1.54. The molecule has 1 amide bonds. The summed E-state index contributed by atoms with van der Waals surface area (Å²) >= 11 is 1.18. The van der Waals surface area contributed by atoms with Gasteiger partial charge in [-0.2, -0.15) is 0 Å². The number of pyridine rings is 1. The minimum Gasteiger partial charge on any atom is -0.477 e. The molecule has 2 N–H and O–H groups in total. The predicted octanol–water partition coefficient (Wildman–Crippen LogP) is 2.25. The molecule has 10 heteroatoms. The molecule has 26 heavy (non-hydrogen) atoms. The van der Waals surface area contributed by atoms with E-state index in [1.807, 2.05) is 0 Å². The van der Waals surface area contributed by atoms with Crippen LogP contribution in [-0.4, -0.2) is 37.9 Å². The van der Waals surface area contributed by atoms with E-state index in [2.05, 4.69) is 20.0 Å². The minimum atomic E-state index is -3.54. The first-order valence-corrected chi connectivity index (χ1v) is 9.98. The third-order valence-corrected chi connectivity index (χ3v) is 5.80. The fourth-order valence-electron chi connectivity index (χ4n) is 2.22. The lowest BCUT2D eigenvalue weighted by molar-refractivity contribution is 0.102. The minimum absolute atomic E-state index is 0.139. The predicted molar refractivity (Wildman–Crippen MR) is 99.2 cm³/mol. The first-order chi connectivity index (χ1) is 12.4. The Morgan fingerprint density at radius 3 is 2.85 bits per heavy atom. The van der Waals surface area contributed by atoms with Gasteiger partial charge in [-0.3, -0.25) is 10.1 Å². The summed E-state index contributed by atoms with van der Waals surface area (Å²) in [7, 11) is -2.19. The van der Waals surface area contributed by atoms with E-state index in [1.165, 1.54) is 30.5 Å². The lowest BCUT2D eigenvalue weighted by atomic mass is 10.2. The van der Waals surface area contributed by atoms with Crippen molar-refractivity contribution in [2.24, 2.45) is 0 Å². The molecule has 0 saturated heterocycles. The monoisotopic (exact) mass is 392 g/mol. The number of rotatable bonds is 6. The first-order valence-electron chi connectivity index (χ1n) is 7.68. The number of hydrogen-bond acceptors (Lipinski definition) is 7. The molecule has 3 aromatic rings. The van der Waals surface area contributed by atoms with E-state index in [9.17, 15) is 13.2 Å². The fourth-order valence-corrected chi connectivity index (χ4v) is 3.95. The average Bonchev–Trinajstić information content (AvgIpc) is 3.03. The molecule has 3 rings (SSSR count). The first kappa shape index (κ1) is 18.2. The van der Waals surface area contributed by atoms with Crippen molar-refractivity contribution in [3.8, 4) is 5.88 Å². The van der Waals surface area contributed by atoms with Crippen LogP contribution in [0.25, 0.3) is 10.2 Å². The molecule has 2 aromatic heterocycles. The van der Waals surface area contributed by atoms with Crippen LogP contribution in [0.4, 0.5) is 5.13 Å². The molecule has 0 fully saturated rings. The number of thiazole rings is 1. The second kappa shape index (κ2) is 7.36. The number of carbonyl (C=O) groups is 1. The molecule has 0 atom stereocenters. The second-order valence-corrected chi connectivity index (χ2v) is 8.02. The van der Waals surface area contributed by atoms with Crippen molar-refractivity contribution < 1.29 is 17.9 Å². The highest BCUT2D eigenvalue weighted by Gasteiger charge is 2.17. The van der Waals surface area contributed by atoms with Gasteiger partial charge in [0.1, 0.15) is 5.56 Å². The van der Waals surface area contributed by atoms with E-state index < -0.39 is 15.9 Å². The standard InChI is InChI=1S/C16H16N4O4S2/c1-3-24-15-11(5-4-8-18-15)14(21)20-16-19-12-7-6-10(9-13(12)25-16)26(22,23)17-2/h4-9,17H,3H2,1-2H3,(H,19,20,21). The van der Waals surface area contributed by atoms with Crippen LogP contribution in [-0.2, 0) is 10.0 Å². The van der Waals surface area contributed by atoms with Crippen molar-refractivity contribution in [1.82, 2.24) is 14.7 Å². The van der Waals surface area contributed by atoms with Crippen LogP contribution in [0.2, 0.25) is 0 Å². The quantitative estimate of drug-likeness (QED) is 0.666. The van der Waals surface area contributed by atoms with Crippen LogP contribution in [0.15, 0.2) is 41.4 Å². The van der Waals surface area contributed by atoms with Gasteiger partial charge in [-0.25, -0.2) is 23.1 Å². The van der Waals surface area contributed by atoms with Crippen LogP contribution in [0.5, 0.6) is 5.88 Å². The number of nitrogens with one attached hydrogen (secondary N) is 2. The molecule has 136 valence electrons. The molecule has 0 bridgehead atoms. The highest BCUT2D eigenvalue weighted by Crippen LogP contribution is 2.29.